The maximum Gasteiger partial charge on any atom is 0.364 e. The largest absolute Gasteiger partial charge is 0.364 e. The number of benzene rings is 3. The molecular formula is C26H27N2O5P. The molecule has 0 saturated heterocycles. The van der Waals surface area contributed by atoms with Gasteiger partial charge < -0.3 is 19.7 Å². The fourth-order valence-electron chi connectivity index (χ4n) is 3.26. The average molecular weight is 478 g/mol. The average Bonchev–Trinajstić information content (AvgIpc) is 2.85. The Morgan fingerprint density at radius 3 is 1.71 bits per heavy atom. The standard InChI is InChI=1S/C26H27N2O5P/c1-3-32-34(31,33-4-2)24(20-14-8-5-9-15-20)23(26(30)27-22-18-12-7-13-19-22)28-25(29)21-16-10-6-11-17-21/h5-19H,3-4H2,1-2H3,(H,27,30)(H,28,29)/b24-23+. The zero-order valence-corrected chi connectivity index (χ0v) is 20.0. The lowest BCUT2D eigenvalue weighted by Gasteiger charge is -2.24. The van der Waals surface area contributed by atoms with Crippen LogP contribution >= 0.6 is 7.60 Å². The Morgan fingerprint density at radius 1 is 0.735 bits per heavy atom. The zero-order chi connectivity index (χ0) is 24.4. The molecule has 0 bridgehead atoms. The second-order valence-electron chi connectivity index (χ2n) is 7.06. The van der Waals surface area contributed by atoms with E-state index in [1.165, 1.54) is 0 Å². The molecule has 34 heavy (non-hydrogen) atoms. The Hall–Kier alpha value is -3.51. The van der Waals surface area contributed by atoms with E-state index < -0.39 is 19.4 Å². The molecular weight excluding hydrogens is 451 g/mol. The molecule has 0 aromatic heterocycles. The molecule has 0 saturated carbocycles. The van der Waals surface area contributed by atoms with Crippen molar-refractivity contribution in [1.29, 1.82) is 0 Å². The molecule has 2 amide bonds. The predicted molar refractivity (Wildman–Crippen MR) is 133 cm³/mol. The van der Waals surface area contributed by atoms with Crippen LogP contribution in [0, 0.1) is 0 Å². The summed E-state index contributed by atoms with van der Waals surface area (Å²) >= 11 is 0. The van der Waals surface area contributed by atoms with Crippen LogP contribution in [0.25, 0.3) is 5.31 Å². The third-order valence-electron chi connectivity index (χ3n) is 4.69. The summed E-state index contributed by atoms with van der Waals surface area (Å²) in [6.45, 7) is 3.52. The highest BCUT2D eigenvalue weighted by Crippen LogP contribution is 2.61. The normalized spacial score (nSPS) is 11.9. The molecule has 0 radical (unpaired) electrons. The predicted octanol–water partition coefficient (Wildman–Crippen LogP) is 5.69. The molecule has 8 heteroatoms. The van der Waals surface area contributed by atoms with Gasteiger partial charge in [0, 0.05) is 11.3 Å². The van der Waals surface area contributed by atoms with E-state index in [-0.39, 0.29) is 24.2 Å². The van der Waals surface area contributed by atoms with Crippen molar-refractivity contribution in [2.45, 2.75) is 13.8 Å². The van der Waals surface area contributed by atoms with E-state index in [4.69, 9.17) is 9.05 Å². The van der Waals surface area contributed by atoms with E-state index in [0.717, 1.165) is 0 Å². The van der Waals surface area contributed by atoms with Crippen LogP contribution in [0.2, 0.25) is 0 Å². The molecule has 0 unspecified atom stereocenters. The molecule has 0 spiro atoms. The van der Waals surface area contributed by atoms with Gasteiger partial charge in [0.2, 0.25) is 0 Å². The van der Waals surface area contributed by atoms with Crippen LogP contribution in [0.3, 0.4) is 0 Å². The summed E-state index contributed by atoms with van der Waals surface area (Å²) in [5.74, 6) is -1.19. The number of carbonyl (C=O) groups is 2. The van der Waals surface area contributed by atoms with Gasteiger partial charge in [-0.1, -0.05) is 66.7 Å². The molecule has 3 aromatic carbocycles. The molecule has 0 aliphatic rings. The van der Waals surface area contributed by atoms with E-state index in [0.29, 0.717) is 16.8 Å². The molecule has 0 aliphatic heterocycles. The number of carbonyl (C=O) groups excluding carboxylic acids is 2. The van der Waals surface area contributed by atoms with Crippen LogP contribution in [0.5, 0.6) is 0 Å². The van der Waals surface area contributed by atoms with E-state index in [1.54, 1.807) is 98.8 Å². The Morgan fingerprint density at radius 2 is 1.21 bits per heavy atom. The van der Waals surface area contributed by atoms with Gasteiger partial charge in [0.05, 0.1) is 13.2 Å². The van der Waals surface area contributed by atoms with E-state index in [1.807, 2.05) is 6.07 Å². The first-order valence-corrected chi connectivity index (χ1v) is 12.4. The number of nitrogens with one attached hydrogen (secondary N) is 2. The highest BCUT2D eigenvalue weighted by Gasteiger charge is 2.37. The lowest BCUT2D eigenvalue weighted by atomic mass is 10.1. The number of hydrogen-bond donors (Lipinski definition) is 2. The summed E-state index contributed by atoms with van der Waals surface area (Å²) in [5.41, 5.74) is 1.06. The summed E-state index contributed by atoms with van der Waals surface area (Å²) in [4.78, 5) is 26.6. The summed E-state index contributed by atoms with van der Waals surface area (Å²) in [6, 6.07) is 25.9. The molecule has 0 atom stereocenters. The highest BCUT2D eigenvalue weighted by atomic mass is 31.2. The molecule has 3 rings (SSSR count). The van der Waals surface area contributed by atoms with Crippen molar-refractivity contribution in [3.05, 3.63) is 108 Å². The number of anilines is 1. The quantitative estimate of drug-likeness (QED) is 0.288. The lowest BCUT2D eigenvalue weighted by Crippen LogP contribution is -2.32. The Balaban J connectivity index is 2.21. The third-order valence-corrected chi connectivity index (χ3v) is 6.91. The van der Waals surface area contributed by atoms with Gasteiger partial charge in [0.1, 0.15) is 11.0 Å². The second-order valence-corrected chi connectivity index (χ2v) is 9.02. The molecule has 0 heterocycles. The van der Waals surface area contributed by atoms with Gasteiger partial charge in [-0.2, -0.15) is 0 Å². The van der Waals surface area contributed by atoms with E-state index in [9.17, 15) is 14.2 Å². The summed E-state index contributed by atoms with van der Waals surface area (Å²) in [7, 11) is -4.01. The van der Waals surface area contributed by atoms with Gasteiger partial charge >= 0.3 is 7.60 Å². The minimum absolute atomic E-state index is 0.0190. The smallest absolute Gasteiger partial charge is 0.321 e. The Kier molecular flexibility index (Phi) is 8.93. The van der Waals surface area contributed by atoms with Crippen molar-refractivity contribution < 1.29 is 23.2 Å². The van der Waals surface area contributed by atoms with Crippen LogP contribution in [0.15, 0.2) is 96.7 Å². The Labute approximate surface area is 199 Å². The minimum Gasteiger partial charge on any atom is -0.321 e. The monoisotopic (exact) mass is 478 g/mol. The number of amides is 2. The zero-order valence-electron chi connectivity index (χ0n) is 19.1. The van der Waals surface area contributed by atoms with Gasteiger partial charge in [0.25, 0.3) is 11.8 Å². The summed E-state index contributed by atoms with van der Waals surface area (Å²) < 4.78 is 25.2. The van der Waals surface area contributed by atoms with Gasteiger partial charge in [-0.3, -0.25) is 14.2 Å². The van der Waals surface area contributed by atoms with Crippen LogP contribution < -0.4 is 10.6 Å². The molecule has 2 N–H and O–H groups in total. The maximum atomic E-state index is 14.0. The van der Waals surface area contributed by atoms with Crippen LogP contribution in [-0.2, 0) is 18.4 Å². The fourth-order valence-corrected chi connectivity index (χ4v) is 5.16. The summed E-state index contributed by atoms with van der Waals surface area (Å²) in [6.07, 6.45) is 0. The van der Waals surface area contributed by atoms with Gasteiger partial charge in [-0.25, -0.2) is 0 Å². The maximum absolute atomic E-state index is 14.0. The van der Waals surface area contributed by atoms with Crippen LogP contribution in [0.4, 0.5) is 5.69 Å². The number of para-hydroxylation sites is 1. The van der Waals surface area contributed by atoms with Crippen molar-refractivity contribution in [3.8, 4) is 0 Å². The second kappa shape index (κ2) is 12.1. The van der Waals surface area contributed by atoms with E-state index in [2.05, 4.69) is 10.6 Å². The molecule has 176 valence electrons. The topological polar surface area (TPSA) is 93.7 Å². The Bertz CT molecular complexity index is 1170. The fraction of sp³-hybridized carbons (Fsp3) is 0.154. The van der Waals surface area contributed by atoms with Crippen molar-refractivity contribution in [1.82, 2.24) is 5.32 Å². The molecule has 0 fully saturated rings. The van der Waals surface area contributed by atoms with Crippen LogP contribution in [0.1, 0.15) is 29.8 Å². The van der Waals surface area contributed by atoms with Gasteiger partial charge in [-0.05, 0) is 43.7 Å². The first-order valence-electron chi connectivity index (χ1n) is 10.9. The van der Waals surface area contributed by atoms with Gasteiger partial charge in [-0.15, -0.1) is 0 Å². The minimum atomic E-state index is -4.01. The van der Waals surface area contributed by atoms with Crippen molar-refractivity contribution in [2.75, 3.05) is 18.5 Å². The molecule has 3 aromatic rings. The number of rotatable bonds is 10. The van der Waals surface area contributed by atoms with Gasteiger partial charge in [0.15, 0.2) is 0 Å². The van der Waals surface area contributed by atoms with Crippen molar-refractivity contribution >= 4 is 30.4 Å². The lowest BCUT2D eigenvalue weighted by molar-refractivity contribution is -0.113. The molecule has 0 aliphatic carbocycles. The number of hydrogen-bond acceptors (Lipinski definition) is 5. The highest BCUT2D eigenvalue weighted by molar-refractivity contribution is 7.65. The molecule has 7 nitrogen and oxygen atoms in total. The third kappa shape index (κ3) is 6.29. The first-order chi connectivity index (χ1) is 16.5. The first kappa shape index (κ1) is 25.1. The van der Waals surface area contributed by atoms with Crippen molar-refractivity contribution in [3.63, 3.8) is 0 Å². The SMILES string of the molecule is CCOP(=O)(OCC)/C(=C(/NC(=O)c1ccccc1)C(=O)Nc1ccccc1)c1ccccc1. The van der Waals surface area contributed by atoms with Crippen molar-refractivity contribution in [2.24, 2.45) is 0 Å². The van der Waals surface area contributed by atoms with Crippen LogP contribution in [-0.4, -0.2) is 25.0 Å². The van der Waals surface area contributed by atoms with E-state index >= 15 is 0 Å². The summed E-state index contributed by atoms with van der Waals surface area (Å²) in [5, 5.41) is 5.41.